The molecule has 1 unspecified atom stereocenters. The number of amides is 1. The first kappa shape index (κ1) is 16.1. The van der Waals surface area contributed by atoms with Crippen LogP contribution in [-0.2, 0) is 6.42 Å². The van der Waals surface area contributed by atoms with E-state index in [0.29, 0.717) is 10.6 Å². The molecule has 0 aliphatic rings. The maximum absolute atomic E-state index is 12.3. The SMILES string of the molecule is Cc1ccc(Br)c(C(=O)NC(C)Cc2cccc(Cl)c2)c1. The minimum atomic E-state index is -0.0693. The summed E-state index contributed by atoms with van der Waals surface area (Å²) in [5, 5.41) is 3.74. The Kier molecular flexibility index (Phi) is 5.43. The van der Waals surface area contributed by atoms with Crippen LogP contribution in [0, 0.1) is 6.92 Å². The number of carbonyl (C=O) groups excluding carboxylic acids is 1. The van der Waals surface area contributed by atoms with Crippen LogP contribution in [0.4, 0.5) is 0 Å². The number of carbonyl (C=O) groups is 1. The van der Waals surface area contributed by atoms with Crippen molar-refractivity contribution in [1.29, 1.82) is 0 Å². The first-order chi connectivity index (χ1) is 9.95. The van der Waals surface area contributed by atoms with E-state index in [2.05, 4.69) is 21.2 Å². The van der Waals surface area contributed by atoms with Crippen LogP contribution in [0.3, 0.4) is 0 Å². The molecule has 2 aromatic rings. The fraction of sp³-hybridized carbons (Fsp3) is 0.235. The minimum Gasteiger partial charge on any atom is -0.349 e. The van der Waals surface area contributed by atoms with Gasteiger partial charge in [0.25, 0.3) is 5.91 Å². The standard InChI is InChI=1S/C17H17BrClNO/c1-11-6-7-16(18)15(8-11)17(21)20-12(2)9-13-4-3-5-14(19)10-13/h3-8,10,12H,9H2,1-2H3,(H,20,21). The van der Waals surface area contributed by atoms with Gasteiger partial charge in [0.2, 0.25) is 0 Å². The van der Waals surface area contributed by atoms with Crippen LogP contribution in [0.5, 0.6) is 0 Å². The number of hydrogen-bond acceptors (Lipinski definition) is 1. The zero-order valence-corrected chi connectivity index (χ0v) is 14.3. The van der Waals surface area contributed by atoms with Gasteiger partial charge in [0, 0.05) is 15.5 Å². The number of halogens is 2. The summed E-state index contributed by atoms with van der Waals surface area (Å²) in [5.74, 6) is -0.0693. The van der Waals surface area contributed by atoms with Gasteiger partial charge in [-0.3, -0.25) is 4.79 Å². The number of rotatable bonds is 4. The molecule has 110 valence electrons. The van der Waals surface area contributed by atoms with Crippen molar-refractivity contribution in [3.63, 3.8) is 0 Å². The Labute approximate surface area is 138 Å². The zero-order chi connectivity index (χ0) is 15.4. The Bertz CT molecular complexity index is 657. The van der Waals surface area contributed by atoms with E-state index in [1.54, 1.807) is 0 Å². The summed E-state index contributed by atoms with van der Waals surface area (Å²) in [4.78, 5) is 12.3. The topological polar surface area (TPSA) is 29.1 Å². The Morgan fingerprint density at radius 1 is 1.29 bits per heavy atom. The van der Waals surface area contributed by atoms with Crippen LogP contribution in [0.1, 0.15) is 28.4 Å². The van der Waals surface area contributed by atoms with Gasteiger partial charge >= 0.3 is 0 Å². The van der Waals surface area contributed by atoms with Gasteiger partial charge in [-0.25, -0.2) is 0 Å². The summed E-state index contributed by atoms with van der Waals surface area (Å²) >= 11 is 9.39. The molecule has 0 radical (unpaired) electrons. The first-order valence-corrected chi connectivity index (χ1v) is 7.94. The van der Waals surface area contributed by atoms with Crippen molar-refractivity contribution in [1.82, 2.24) is 5.32 Å². The summed E-state index contributed by atoms with van der Waals surface area (Å²) in [5.41, 5.74) is 2.83. The van der Waals surface area contributed by atoms with Gasteiger partial charge in [0.15, 0.2) is 0 Å². The number of nitrogens with one attached hydrogen (secondary N) is 1. The molecule has 0 spiro atoms. The van der Waals surface area contributed by atoms with Crippen LogP contribution >= 0.6 is 27.5 Å². The second kappa shape index (κ2) is 7.10. The quantitative estimate of drug-likeness (QED) is 0.829. The molecular weight excluding hydrogens is 350 g/mol. The summed E-state index contributed by atoms with van der Waals surface area (Å²) in [6, 6.07) is 13.5. The van der Waals surface area contributed by atoms with Crippen molar-refractivity contribution in [2.75, 3.05) is 0 Å². The van der Waals surface area contributed by atoms with Gasteiger partial charge in [-0.2, -0.15) is 0 Å². The van der Waals surface area contributed by atoms with E-state index >= 15 is 0 Å². The van der Waals surface area contributed by atoms with Crippen LogP contribution in [0.15, 0.2) is 46.9 Å². The second-order valence-corrected chi connectivity index (χ2v) is 6.48. The summed E-state index contributed by atoms with van der Waals surface area (Å²) in [6.07, 6.45) is 0.746. The average molecular weight is 367 g/mol. The van der Waals surface area contributed by atoms with E-state index in [-0.39, 0.29) is 11.9 Å². The first-order valence-electron chi connectivity index (χ1n) is 6.77. The second-order valence-electron chi connectivity index (χ2n) is 5.19. The molecule has 1 amide bonds. The lowest BCUT2D eigenvalue weighted by atomic mass is 10.1. The Hall–Kier alpha value is -1.32. The van der Waals surface area contributed by atoms with Crippen LogP contribution in [0.25, 0.3) is 0 Å². The molecular formula is C17H17BrClNO. The monoisotopic (exact) mass is 365 g/mol. The normalized spacial score (nSPS) is 12.0. The maximum atomic E-state index is 12.3. The molecule has 0 saturated carbocycles. The molecule has 4 heteroatoms. The van der Waals surface area contributed by atoms with Crippen LogP contribution in [0.2, 0.25) is 5.02 Å². The molecule has 21 heavy (non-hydrogen) atoms. The Morgan fingerprint density at radius 2 is 2.05 bits per heavy atom. The van der Waals surface area contributed by atoms with Crippen LogP contribution < -0.4 is 5.32 Å². The van der Waals surface area contributed by atoms with Gasteiger partial charge < -0.3 is 5.32 Å². The highest BCUT2D eigenvalue weighted by molar-refractivity contribution is 9.10. The largest absolute Gasteiger partial charge is 0.349 e. The lowest BCUT2D eigenvalue weighted by Crippen LogP contribution is -2.34. The molecule has 2 rings (SSSR count). The zero-order valence-electron chi connectivity index (χ0n) is 12.0. The van der Waals surface area contributed by atoms with Gasteiger partial charge in [-0.1, -0.05) is 35.4 Å². The molecule has 0 heterocycles. The highest BCUT2D eigenvalue weighted by atomic mass is 79.9. The fourth-order valence-corrected chi connectivity index (χ4v) is 2.82. The smallest absolute Gasteiger partial charge is 0.252 e. The van der Waals surface area contributed by atoms with Gasteiger partial charge in [-0.05, 0) is 66.0 Å². The van der Waals surface area contributed by atoms with Gasteiger partial charge in [0.05, 0.1) is 5.56 Å². The molecule has 0 aliphatic heterocycles. The highest BCUT2D eigenvalue weighted by Crippen LogP contribution is 2.18. The van der Waals surface area contributed by atoms with E-state index in [0.717, 1.165) is 22.0 Å². The number of hydrogen-bond donors (Lipinski definition) is 1. The third-order valence-corrected chi connectivity index (χ3v) is 4.10. The highest BCUT2D eigenvalue weighted by Gasteiger charge is 2.13. The molecule has 2 aromatic carbocycles. The molecule has 1 N–H and O–H groups in total. The predicted octanol–water partition coefficient (Wildman–Crippen LogP) is 4.77. The molecule has 0 bridgehead atoms. The van der Waals surface area contributed by atoms with Gasteiger partial charge in [-0.15, -0.1) is 0 Å². The van der Waals surface area contributed by atoms with Crippen molar-refractivity contribution < 1.29 is 4.79 Å². The molecule has 0 saturated heterocycles. The van der Waals surface area contributed by atoms with Crippen molar-refractivity contribution >= 4 is 33.4 Å². The third-order valence-electron chi connectivity index (χ3n) is 3.17. The van der Waals surface area contributed by atoms with E-state index in [1.165, 1.54) is 0 Å². The third kappa shape index (κ3) is 4.58. The Morgan fingerprint density at radius 3 is 2.76 bits per heavy atom. The maximum Gasteiger partial charge on any atom is 0.252 e. The van der Waals surface area contributed by atoms with Crippen molar-refractivity contribution in [2.45, 2.75) is 26.3 Å². The minimum absolute atomic E-state index is 0.0309. The van der Waals surface area contributed by atoms with Crippen molar-refractivity contribution in [2.24, 2.45) is 0 Å². The lowest BCUT2D eigenvalue weighted by molar-refractivity contribution is 0.0939. The van der Waals surface area contributed by atoms with Crippen LogP contribution in [-0.4, -0.2) is 11.9 Å². The van der Waals surface area contributed by atoms with Crippen molar-refractivity contribution in [3.05, 3.63) is 68.7 Å². The number of aryl methyl sites for hydroxylation is 1. The van der Waals surface area contributed by atoms with E-state index in [1.807, 2.05) is 56.3 Å². The lowest BCUT2D eigenvalue weighted by Gasteiger charge is -2.15. The van der Waals surface area contributed by atoms with Gasteiger partial charge in [0.1, 0.15) is 0 Å². The predicted molar refractivity (Wildman–Crippen MR) is 91.0 cm³/mol. The van der Waals surface area contributed by atoms with E-state index in [9.17, 15) is 4.79 Å². The Balaban J connectivity index is 2.03. The fourth-order valence-electron chi connectivity index (χ4n) is 2.18. The van der Waals surface area contributed by atoms with E-state index < -0.39 is 0 Å². The van der Waals surface area contributed by atoms with Crippen molar-refractivity contribution in [3.8, 4) is 0 Å². The summed E-state index contributed by atoms with van der Waals surface area (Å²) < 4.78 is 0.806. The summed E-state index contributed by atoms with van der Waals surface area (Å²) in [7, 11) is 0. The molecule has 0 aliphatic carbocycles. The molecule has 0 fully saturated rings. The molecule has 0 aromatic heterocycles. The number of benzene rings is 2. The average Bonchev–Trinajstić information content (AvgIpc) is 2.41. The molecule has 1 atom stereocenters. The summed E-state index contributed by atoms with van der Waals surface area (Å²) in [6.45, 7) is 3.96. The molecule has 2 nitrogen and oxygen atoms in total. The van der Waals surface area contributed by atoms with E-state index in [4.69, 9.17) is 11.6 Å².